The lowest BCUT2D eigenvalue weighted by molar-refractivity contribution is -0.127. The lowest BCUT2D eigenvalue weighted by atomic mass is 10.2. The van der Waals surface area contributed by atoms with Crippen LogP contribution in [0.2, 0.25) is 0 Å². The van der Waals surface area contributed by atoms with Gasteiger partial charge in [0.15, 0.2) is 0 Å². The monoisotopic (exact) mass is 292 g/mol. The summed E-state index contributed by atoms with van der Waals surface area (Å²) < 4.78 is 38.7. The zero-order valence-electron chi connectivity index (χ0n) is 11.1. The van der Waals surface area contributed by atoms with E-state index in [4.69, 9.17) is 0 Å². The Labute approximate surface area is 118 Å². The van der Waals surface area contributed by atoms with E-state index in [1.54, 1.807) is 11.6 Å². The first-order valence-corrected chi connectivity index (χ1v) is 6.27. The van der Waals surface area contributed by atoms with E-state index in [-0.39, 0.29) is 5.69 Å². The minimum atomic E-state index is -4.26. The van der Waals surface area contributed by atoms with Crippen LogP contribution in [-0.2, 0) is 6.42 Å². The van der Waals surface area contributed by atoms with E-state index in [0.717, 1.165) is 11.0 Å². The first-order chi connectivity index (χ1) is 9.94. The highest BCUT2D eigenvalue weighted by atomic mass is 19.4. The van der Waals surface area contributed by atoms with Gasteiger partial charge in [-0.2, -0.15) is 13.2 Å². The molecule has 2 heterocycles. The standard InChI is InChI=1S/C14H11F3N4/c1-9-6-10(7-14(15,16)17)18-8-13(9)21-12-5-3-2-4-11(12)19-20-21/h2-6,8H,7H2,1H3. The molecule has 0 aliphatic rings. The summed E-state index contributed by atoms with van der Waals surface area (Å²) in [5, 5.41) is 8.06. The van der Waals surface area contributed by atoms with E-state index in [2.05, 4.69) is 15.3 Å². The number of hydrogen-bond acceptors (Lipinski definition) is 3. The van der Waals surface area contributed by atoms with Gasteiger partial charge < -0.3 is 0 Å². The largest absolute Gasteiger partial charge is 0.394 e. The van der Waals surface area contributed by atoms with Crippen LogP contribution in [0.25, 0.3) is 16.7 Å². The Balaban J connectivity index is 2.03. The van der Waals surface area contributed by atoms with Crippen molar-refractivity contribution in [1.29, 1.82) is 0 Å². The highest BCUT2D eigenvalue weighted by Crippen LogP contribution is 2.23. The van der Waals surface area contributed by atoms with Crippen molar-refractivity contribution in [1.82, 2.24) is 20.0 Å². The van der Waals surface area contributed by atoms with E-state index in [1.807, 2.05) is 24.3 Å². The molecule has 2 aromatic heterocycles. The summed E-state index contributed by atoms with van der Waals surface area (Å²) in [5.74, 6) is 0. The molecule has 108 valence electrons. The van der Waals surface area contributed by atoms with E-state index in [1.165, 1.54) is 12.3 Å². The fourth-order valence-corrected chi connectivity index (χ4v) is 2.18. The summed E-state index contributed by atoms with van der Waals surface area (Å²) in [4.78, 5) is 3.88. The molecule has 0 saturated heterocycles. The SMILES string of the molecule is Cc1cc(CC(F)(F)F)ncc1-n1nnc2ccccc21. The Morgan fingerprint density at radius 1 is 1.19 bits per heavy atom. The van der Waals surface area contributed by atoms with Crippen molar-refractivity contribution >= 4 is 11.0 Å². The van der Waals surface area contributed by atoms with Crippen LogP contribution in [-0.4, -0.2) is 26.2 Å². The first-order valence-electron chi connectivity index (χ1n) is 6.27. The highest BCUT2D eigenvalue weighted by molar-refractivity contribution is 5.76. The van der Waals surface area contributed by atoms with Crippen molar-refractivity contribution in [2.24, 2.45) is 0 Å². The van der Waals surface area contributed by atoms with Crippen LogP contribution in [0.4, 0.5) is 13.2 Å². The molecule has 0 spiro atoms. The van der Waals surface area contributed by atoms with Gasteiger partial charge in [-0.25, -0.2) is 4.68 Å². The lowest BCUT2D eigenvalue weighted by Crippen LogP contribution is -2.13. The van der Waals surface area contributed by atoms with Gasteiger partial charge >= 0.3 is 6.18 Å². The molecule has 4 nitrogen and oxygen atoms in total. The fourth-order valence-electron chi connectivity index (χ4n) is 2.18. The number of halogens is 3. The van der Waals surface area contributed by atoms with Crippen LogP contribution in [0.15, 0.2) is 36.5 Å². The van der Waals surface area contributed by atoms with Gasteiger partial charge in [0.05, 0.1) is 23.8 Å². The molecule has 0 aliphatic carbocycles. The average molecular weight is 292 g/mol. The molecular weight excluding hydrogens is 281 g/mol. The zero-order chi connectivity index (χ0) is 15.0. The summed E-state index contributed by atoms with van der Waals surface area (Å²) >= 11 is 0. The molecule has 7 heteroatoms. The van der Waals surface area contributed by atoms with Crippen LogP contribution in [0.3, 0.4) is 0 Å². The number of nitrogens with zero attached hydrogens (tertiary/aromatic N) is 4. The van der Waals surface area contributed by atoms with Gasteiger partial charge in [-0.3, -0.25) is 4.98 Å². The van der Waals surface area contributed by atoms with Gasteiger partial charge in [0, 0.05) is 5.69 Å². The summed E-state index contributed by atoms with van der Waals surface area (Å²) in [7, 11) is 0. The quantitative estimate of drug-likeness (QED) is 0.728. The highest BCUT2D eigenvalue weighted by Gasteiger charge is 2.28. The third kappa shape index (κ3) is 2.72. The molecule has 0 aliphatic heterocycles. The van der Waals surface area contributed by atoms with Gasteiger partial charge in [-0.1, -0.05) is 17.3 Å². The van der Waals surface area contributed by atoms with Crippen LogP contribution < -0.4 is 0 Å². The van der Waals surface area contributed by atoms with E-state index in [0.29, 0.717) is 11.3 Å². The van der Waals surface area contributed by atoms with Crippen molar-refractivity contribution in [3.05, 3.63) is 47.8 Å². The number of hydrogen-bond donors (Lipinski definition) is 0. The number of pyridine rings is 1. The third-order valence-corrected chi connectivity index (χ3v) is 3.10. The topological polar surface area (TPSA) is 43.6 Å². The van der Waals surface area contributed by atoms with Crippen LogP contribution >= 0.6 is 0 Å². The number of aryl methyl sites for hydroxylation is 1. The van der Waals surface area contributed by atoms with E-state index < -0.39 is 12.6 Å². The second-order valence-electron chi connectivity index (χ2n) is 4.74. The van der Waals surface area contributed by atoms with Crippen LogP contribution in [0.1, 0.15) is 11.3 Å². The smallest absolute Gasteiger partial charge is 0.259 e. The maximum absolute atomic E-state index is 12.4. The number of rotatable bonds is 2. The molecule has 0 bridgehead atoms. The molecule has 0 saturated carbocycles. The van der Waals surface area contributed by atoms with E-state index >= 15 is 0 Å². The number of alkyl halides is 3. The molecule has 0 atom stereocenters. The fraction of sp³-hybridized carbons (Fsp3) is 0.214. The van der Waals surface area contributed by atoms with Crippen LogP contribution in [0, 0.1) is 6.92 Å². The maximum atomic E-state index is 12.4. The third-order valence-electron chi connectivity index (χ3n) is 3.10. The minimum Gasteiger partial charge on any atom is -0.259 e. The predicted molar refractivity (Wildman–Crippen MR) is 71.2 cm³/mol. The number of benzene rings is 1. The molecule has 0 fully saturated rings. The van der Waals surface area contributed by atoms with E-state index in [9.17, 15) is 13.2 Å². The lowest BCUT2D eigenvalue weighted by Gasteiger charge is -2.09. The number of para-hydroxylation sites is 1. The average Bonchev–Trinajstić information content (AvgIpc) is 2.81. The maximum Gasteiger partial charge on any atom is 0.394 e. The number of fused-ring (bicyclic) bond motifs is 1. The summed E-state index contributed by atoms with van der Waals surface area (Å²) in [6.45, 7) is 1.73. The summed E-state index contributed by atoms with van der Waals surface area (Å²) in [5.41, 5.74) is 2.78. The summed E-state index contributed by atoms with van der Waals surface area (Å²) in [6, 6.07) is 8.79. The van der Waals surface area contributed by atoms with Crippen molar-refractivity contribution in [3.8, 4) is 5.69 Å². The Bertz CT molecular complexity index is 792. The molecule has 0 N–H and O–H groups in total. The van der Waals surface area contributed by atoms with Gasteiger partial charge in [0.2, 0.25) is 0 Å². The molecule has 3 rings (SSSR count). The van der Waals surface area contributed by atoms with Gasteiger partial charge in [-0.15, -0.1) is 5.10 Å². The van der Waals surface area contributed by atoms with Gasteiger partial charge in [0.1, 0.15) is 5.52 Å². The molecule has 0 amide bonds. The normalized spacial score (nSPS) is 12.0. The predicted octanol–water partition coefficient (Wildman–Crippen LogP) is 3.23. The van der Waals surface area contributed by atoms with Crippen LogP contribution in [0.5, 0.6) is 0 Å². The second kappa shape index (κ2) is 4.83. The van der Waals surface area contributed by atoms with Crippen molar-refractivity contribution in [2.45, 2.75) is 19.5 Å². The Kier molecular flexibility index (Phi) is 3.12. The van der Waals surface area contributed by atoms with Crippen molar-refractivity contribution < 1.29 is 13.2 Å². The first kappa shape index (κ1) is 13.5. The minimum absolute atomic E-state index is 0.00632. The van der Waals surface area contributed by atoms with Gasteiger partial charge in [-0.05, 0) is 30.7 Å². The molecule has 21 heavy (non-hydrogen) atoms. The molecule has 0 radical (unpaired) electrons. The molecular formula is C14H11F3N4. The Morgan fingerprint density at radius 3 is 2.67 bits per heavy atom. The van der Waals surface area contributed by atoms with Crippen molar-refractivity contribution in [2.75, 3.05) is 0 Å². The van der Waals surface area contributed by atoms with Gasteiger partial charge in [0.25, 0.3) is 0 Å². The second-order valence-corrected chi connectivity index (χ2v) is 4.74. The Morgan fingerprint density at radius 2 is 1.95 bits per heavy atom. The molecule has 3 aromatic rings. The zero-order valence-corrected chi connectivity index (χ0v) is 11.1. The Hall–Kier alpha value is -2.44. The van der Waals surface area contributed by atoms with Crippen molar-refractivity contribution in [3.63, 3.8) is 0 Å². The number of aromatic nitrogens is 4. The summed E-state index contributed by atoms with van der Waals surface area (Å²) in [6.07, 6.45) is -3.90. The molecule has 1 aromatic carbocycles. The molecule has 0 unspecified atom stereocenters.